The minimum Gasteiger partial charge on any atom is -0.496 e. The number of ether oxygens (including phenoxy) is 2. The first-order valence-corrected chi connectivity index (χ1v) is 11.8. The number of halogens is 3. The third-order valence-corrected chi connectivity index (χ3v) is 6.26. The Morgan fingerprint density at radius 3 is 2.47 bits per heavy atom. The molecule has 0 aliphatic heterocycles. The van der Waals surface area contributed by atoms with Crippen molar-refractivity contribution in [2.45, 2.75) is 6.61 Å². The average Bonchev–Trinajstić information content (AvgIpc) is 2.84. The summed E-state index contributed by atoms with van der Waals surface area (Å²) in [6.45, 7) is 0.292. The zero-order chi connectivity index (χ0) is 24.1. The van der Waals surface area contributed by atoms with Crippen LogP contribution in [0.2, 0.25) is 10.0 Å². The number of fused-ring (bicyclic) bond motifs is 1. The van der Waals surface area contributed by atoms with Gasteiger partial charge in [0.2, 0.25) is 0 Å². The molecule has 1 amide bonds. The van der Waals surface area contributed by atoms with E-state index < -0.39 is 0 Å². The molecule has 172 valence electrons. The van der Waals surface area contributed by atoms with Crippen molar-refractivity contribution in [3.63, 3.8) is 0 Å². The first kappa shape index (κ1) is 24.1. The van der Waals surface area contributed by atoms with Crippen LogP contribution in [-0.4, -0.2) is 19.2 Å². The van der Waals surface area contributed by atoms with Crippen LogP contribution in [0.3, 0.4) is 0 Å². The molecule has 0 saturated heterocycles. The maximum atomic E-state index is 12.8. The Bertz CT molecular complexity index is 1390. The molecule has 0 saturated carbocycles. The van der Waals surface area contributed by atoms with Gasteiger partial charge >= 0.3 is 0 Å². The standard InChI is InChI=1S/C26H19BrCl2N2O3/c1-33-25-13-18-5-3-2-4-17(18)12-21(25)26(32)31-30-14-19-11-20(27)7-9-24(19)34-15-16-6-8-22(28)23(29)10-16/h2-14H,15H2,1H3,(H,31,32)/b30-14-. The van der Waals surface area contributed by atoms with Gasteiger partial charge in [0.15, 0.2) is 0 Å². The Morgan fingerprint density at radius 1 is 0.971 bits per heavy atom. The van der Waals surface area contributed by atoms with E-state index in [-0.39, 0.29) is 5.91 Å². The van der Waals surface area contributed by atoms with Crippen LogP contribution in [0.4, 0.5) is 0 Å². The van der Waals surface area contributed by atoms with Crippen molar-refractivity contribution in [1.82, 2.24) is 5.43 Å². The predicted molar refractivity (Wildman–Crippen MR) is 140 cm³/mol. The lowest BCUT2D eigenvalue weighted by Crippen LogP contribution is -2.18. The zero-order valence-corrected chi connectivity index (χ0v) is 21.1. The summed E-state index contributed by atoms with van der Waals surface area (Å²) < 4.78 is 12.2. The van der Waals surface area contributed by atoms with E-state index in [4.69, 9.17) is 32.7 Å². The Hall–Kier alpha value is -3.06. The molecular formula is C26H19BrCl2N2O3. The molecule has 4 aromatic rings. The van der Waals surface area contributed by atoms with Crippen molar-refractivity contribution >= 4 is 62.0 Å². The monoisotopic (exact) mass is 556 g/mol. The molecule has 5 nitrogen and oxygen atoms in total. The fourth-order valence-electron chi connectivity index (χ4n) is 3.33. The van der Waals surface area contributed by atoms with Crippen molar-refractivity contribution in [2.75, 3.05) is 7.11 Å². The number of hydrogen-bond donors (Lipinski definition) is 1. The Kier molecular flexibility index (Phi) is 7.73. The number of benzene rings is 4. The molecule has 1 N–H and O–H groups in total. The summed E-state index contributed by atoms with van der Waals surface area (Å²) in [4.78, 5) is 12.8. The SMILES string of the molecule is COc1cc2ccccc2cc1C(=O)N/N=C\c1cc(Br)ccc1OCc1ccc(Cl)c(Cl)c1. The fraction of sp³-hybridized carbons (Fsp3) is 0.0769. The number of carbonyl (C=O) groups excluding carboxylic acids is 1. The molecule has 8 heteroatoms. The summed E-state index contributed by atoms with van der Waals surface area (Å²) in [5.74, 6) is 0.683. The second-order valence-corrected chi connectivity index (χ2v) is 9.05. The van der Waals surface area contributed by atoms with Crippen molar-refractivity contribution < 1.29 is 14.3 Å². The first-order chi connectivity index (χ1) is 16.4. The summed E-state index contributed by atoms with van der Waals surface area (Å²) in [7, 11) is 1.53. The lowest BCUT2D eigenvalue weighted by atomic mass is 10.1. The van der Waals surface area contributed by atoms with E-state index in [1.807, 2.05) is 54.6 Å². The van der Waals surface area contributed by atoms with Crippen molar-refractivity contribution in [3.8, 4) is 11.5 Å². The van der Waals surface area contributed by atoms with Gasteiger partial charge in [0, 0.05) is 10.0 Å². The zero-order valence-electron chi connectivity index (χ0n) is 18.0. The average molecular weight is 558 g/mol. The molecule has 34 heavy (non-hydrogen) atoms. The highest BCUT2D eigenvalue weighted by atomic mass is 79.9. The number of amides is 1. The van der Waals surface area contributed by atoms with Crippen LogP contribution < -0.4 is 14.9 Å². The van der Waals surface area contributed by atoms with E-state index in [0.29, 0.717) is 39.3 Å². The number of hydrogen-bond acceptors (Lipinski definition) is 4. The topological polar surface area (TPSA) is 59.9 Å². The number of nitrogens with one attached hydrogen (secondary N) is 1. The maximum Gasteiger partial charge on any atom is 0.275 e. The fourth-order valence-corrected chi connectivity index (χ4v) is 4.03. The van der Waals surface area contributed by atoms with E-state index in [0.717, 1.165) is 20.8 Å². The molecule has 4 aromatic carbocycles. The predicted octanol–water partition coefficient (Wildman–Crippen LogP) is 7.26. The van der Waals surface area contributed by atoms with Crippen LogP contribution >= 0.6 is 39.1 Å². The van der Waals surface area contributed by atoms with Crippen molar-refractivity contribution in [3.05, 3.63) is 104 Å². The van der Waals surface area contributed by atoms with Crippen LogP contribution in [0.1, 0.15) is 21.5 Å². The molecule has 0 atom stereocenters. The molecule has 0 unspecified atom stereocenters. The summed E-state index contributed by atoms with van der Waals surface area (Å²) in [6, 6.07) is 22.2. The molecule has 4 rings (SSSR count). The van der Waals surface area contributed by atoms with E-state index in [9.17, 15) is 4.79 Å². The van der Waals surface area contributed by atoms with Crippen LogP contribution in [0.5, 0.6) is 11.5 Å². The van der Waals surface area contributed by atoms with Crippen LogP contribution in [0.15, 0.2) is 82.4 Å². The number of nitrogens with zero attached hydrogens (tertiary/aromatic N) is 1. The third kappa shape index (κ3) is 5.70. The summed E-state index contributed by atoms with van der Waals surface area (Å²) >= 11 is 15.5. The van der Waals surface area contributed by atoms with Gasteiger partial charge in [0.1, 0.15) is 18.1 Å². The second kappa shape index (κ2) is 10.9. The summed E-state index contributed by atoms with van der Waals surface area (Å²) in [5, 5.41) is 7.00. The molecule has 0 aliphatic rings. The van der Waals surface area contributed by atoms with Crippen LogP contribution in [0.25, 0.3) is 10.8 Å². The van der Waals surface area contributed by atoms with Crippen molar-refractivity contribution in [2.24, 2.45) is 5.10 Å². The van der Waals surface area contributed by atoms with Gasteiger partial charge in [-0.05, 0) is 58.8 Å². The van der Waals surface area contributed by atoms with E-state index in [2.05, 4.69) is 26.5 Å². The lowest BCUT2D eigenvalue weighted by Gasteiger charge is -2.11. The minimum absolute atomic E-state index is 0.292. The van der Waals surface area contributed by atoms with E-state index in [1.54, 1.807) is 18.2 Å². The van der Waals surface area contributed by atoms with Gasteiger partial charge in [-0.2, -0.15) is 5.10 Å². The van der Waals surface area contributed by atoms with Gasteiger partial charge in [0.05, 0.1) is 28.9 Å². The molecule has 0 radical (unpaired) electrons. The highest BCUT2D eigenvalue weighted by Crippen LogP contribution is 2.27. The van der Waals surface area contributed by atoms with Gasteiger partial charge in [0.25, 0.3) is 5.91 Å². The van der Waals surface area contributed by atoms with Gasteiger partial charge < -0.3 is 9.47 Å². The Morgan fingerprint density at radius 2 is 1.74 bits per heavy atom. The van der Waals surface area contributed by atoms with Gasteiger partial charge in [-0.3, -0.25) is 4.79 Å². The number of carbonyl (C=O) groups is 1. The Balaban J connectivity index is 1.50. The quantitative estimate of drug-likeness (QED) is 0.192. The van der Waals surface area contributed by atoms with Crippen LogP contribution in [0, 0.1) is 0 Å². The maximum absolute atomic E-state index is 12.8. The molecule has 0 heterocycles. The van der Waals surface area contributed by atoms with E-state index in [1.165, 1.54) is 13.3 Å². The molecule has 0 fully saturated rings. The highest BCUT2D eigenvalue weighted by molar-refractivity contribution is 9.10. The molecule has 0 aromatic heterocycles. The van der Waals surface area contributed by atoms with Crippen LogP contribution in [-0.2, 0) is 6.61 Å². The van der Waals surface area contributed by atoms with Gasteiger partial charge in [-0.25, -0.2) is 5.43 Å². The molecular weight excluding hydrogens is 539 g/mol. The highest BCUT2D eigenvalue weighted by Gasteiger charge is 2.13. The summed E-state index contributed by atoms with van der Waals surface area (Å²) in [5.41, 5.74) is 4.51. The first-order valence-electron chi connectivity index (χ1n) is 10.2. The number of hydrazone groups is 1. The number of methoxy groups -OCH3 is 1. The lowest BCUT2D eigenvalue weighted by molar-refractivity contribution is 0.0952. The van der Waals surface area contributed by atoms with Gasteiger partial charge in [-0.15, -0.1) is 0 Å². The largest absolute Gasteiger partial charge is 0.496 e. The van der Waals surface area contributed by atoms with Crippen molar-refractivity contribution in [1.29, 1.82) is 0 Å². The minimum atomic E-state index is -0.382. The molecule has 0 aliphatic carbocycles. The summed E-state index contributed by atoms with van der Waals surface area (Å²) in [6.07, 6.45) is 1.53. The van der Waals surface area contributed by atoms with Gasteiger partial charge in [-0.1, -0.05) is 69.5 Å². The third-order valence-electron chi connectivity index (χ3n) is 5.03. The van der Waals surface area contributed by atoms with E-state index >= 15 is 0 Å². The molecule has 0 bridgehead atoms. The Labute approximate surface area is 215 Å². The second-order valence-electron chi connectivity index (χ2n) is 7.32. The normalized spacial score (nSPS) is 11.1. The smallest absolute Gasteiger partial charge is 0.275 e. The number of rotatable bonds is 7. The molecule has 0 spiro atoms.